The lowest BCUT2D eigenvalue weighted by Gasteiger charge is -2.24. The van der Waals surface area contributed by atoms with Gasteiger partial charge in [0, 0.05) is 20.1 Å². The first-order chi connectivity index (χ1) is 7.93. The van der Waals surface area contributed by atoms with Gasteiger partial charge in [0.1, 0.15) is 0 Å². The van der Waals surface area contributed by atoms with Gasteiger partial charge in [-0.25, -0.2) is 4.79 Å². The Balaban J connectivity index is 2.98. The van der Waals surface area contributed by atoms with Gasteiger partial charge in [-0.2, -0.15) is 0 Å². The molecule has 1 rings (SSSR count). The van der Waals surface area contributed by atoms with Gasteiger partial charge < -0.3 is 14.9 Å². The van der Waals surface area contributed by atoms with Crippen LogP contribution >= 0.6 is 11.6 Å². The van der Waals surface area contributed by atoms with Crippen LogP contribution in [0.4, 0.5) is 5.69 Å². The van der Waals surface area contributed by atoms with E-state index >= 15 is 0 Å². The van der Waals surface area contributed by atoms with E-state index in [0.29, 0.717) is 10.7 Å². The molecule has 0 heterocycles. The molecule has 0 aliphatic carbocycles. The minimum Gasteiger partial charge on any atom is -0.478 e. The van der Waals surface area contributed by atoms with Gasteiger partial charge in [-0.05, 0) is 26.2 Å². The first-order valence-corrected chi connectivity index (χ1v) is 5.69. The fraction of sp³-hybridized carbons (Fsp3) is 0.417. The van der Waals surface area contributed by atoms with Crippen LogP contribution in [-0.4, -0.2) is 50.2 Å². The topological polar surface area (TPSA) is 43.8 Å². The quantitative estimate of drug-likeness (QED) is 0.876. The zero-order valence-corrected chi connectivity index (χ0v) is 11.0. The zero-order chi connectivity index (χ0) is 13.0. The third-order valence-corrected chi connectivity index (χ3v) is 2.79. The fourth-order valence-corrected chi connectivity index (χ4v) is 1.86. The monoisotopic (exact) mass is 256 g/mol. The Bertz CT molecular complexity index is 407. The van der Waals surface area contributed by atoms with Crippen molar-refractivity contribution in [2.75, 3.05) is 39.1 Å². The second-order valence-electron chi connectivity index (χ2n) is 4.17. The number of hydrogen-bond acceptors (Lipinski definition) is 3. The van der Waals surface area contributed by atoms with Crippen molar-refractivity contribution < 1.29 is 9.90 Å². The molecule has 0 aliphatic heterocycles. The number of nitrogens with zero attached hydrogens (tertiary/aromatic N) is 2. The van der Waals surface area contributed by atoms with Gasteiger partial charge in [-0.1, -0.05) is 17.7 Å². The van der Waals surface area contributed by atoms with Crippen molar-refractivity contribution in [2.45, 2.75) is 0 Å². The van der Waals surface area contributed by atoms with Gasteiger partial charge in [0.15, 0.2) is 0 Å². The number of carboxylic acid groups (broad SMARTS) is 1. The largest absolute Gasteiger partial charge is 0.478 e. The molecule has 0 fully saturated rings. The SMILES string of the molecule is CN(C)CCN(C)c1c(Cl)cccc1C(=O)O. The average molecular weight is 257 g/mol. The normalized spacial score (nSPS) is 10.6. The summed E-state index contributed by atoms with van der Waals surface area (Å²) in [4.78, 5) is 15.0. The van der Waals surface area contributed by atoms with E-state index in [9.17, 15) is 4.79 Å². The number of benzene rings is 1. The fourth-order valence-electron chi connectivity index (χ4n) is 1.54. The molecule has 0 aromatic heterocycles. The molecule has 0 bridgehead atoms. The van der Waals surface area contributed by atoms with Crippen molar-refractivity contribution in [1.82, 2.24) is 4.90 Å². The molecule has 0 unspecified atom stereocenters. The molecule has 1 aromatic rings. The summed E-state index contributed by atoms with van der Waals surface area (Å²) in [5.74, 6) is -0.959. The molecule has 0 saturated carbocycles. The molecule has 0 atom stereocenters. The summed E-state index contributed by atoms with van der Waals surface area (Å²) >= 11 is 6.07. The van der Waals surface area contributed by atoms with E-state index in [1.807, 2.05) is 30.9 Å². The van der Waals surface area contributed by atoms with E-state index in [2.05, 4.69) is 0 Å². The number of halogens is 1. The van der Waals surface area contributed by atoms with Crippen molar-refractivity contribution in [3.63, 3.8) is 0 Å². The molecule has 17 heavy (non-hydrogen) atoms. The Morgan fingerprint density at radius 3 is 2.47 bits per heavy atom. The van der Waals surface area contributed by atoms with Crippen LogP contribution in [0.5, 0.6) is 0 Å². The lowest BCUT2D eigenvalue weighted by molar-refractivity contribution is 0.0697. The van der Waals surface area contributed by atoms with Crippen LogP contribution in [0.25, 0.3) is 0 Å². The molecule has 0 radical (unpaired) electrons. The molecule has 0 aliphatic rings. The summed E-state index contributed by atoms with van der Waals surface area (Å²) < 4.78 is 0. The summed E-state index contributed by atoms with van der Waals surface area (Å²) in [5, 5.41) is 9.58. The average Bonchev–Trinajstić information content (AvgIpc) is 2.25. The smallest absolute Gasteiger partial charge is 0.337 e. The van der Waals surface area contributed by atoms with Crippen molar-refractivity contribution >= 4 is 23.3 Å². The number of carbonyl (C=O) groups is 1. The molecular formula is C12H17ClN2O2. The highest BCUT2D eigenvalue weighted by Gasteiger charge is 2.16. The highest BCUT2D eigenvalue weighted by Crippen LogP contribution is 2.28. The predicted molar refractivity (Wildman–Crippen MR) is 70.2 cm³/mol. The maximum Gasteiger partial charge on any atom is 0.337 e. The molecule has 5 heteroatoms. The van der Waals surface area contributed by atoms with Crippen LogP contribution < -0.4 is 4.90 Å². The van der Waals surface area contributed by atoms with E-state index in [4.69, 9.17) is 16.7 Å². The molecule has 4 nitrogen and oxygen atoms in total. The van der Waals surface area contributed by atoms with Crippen molar-refractivity contribution in [2.24, 2.45) is 0 Å². The molecule has 1 aromatic carbocycles. The summed E-state index contributed by atoms with van der Waals surface area (Å²) in [6.45, 7) is 1.55. The minimum absolute atomic E-state index is 0.235. The maximum atomic E-state index is 11.1. The molecule has 1 N–H and O–H groups in total. The number of aromatic carboxylic acids is 1. The number of anilines is 1. The van der Waals surface area contributed by atoms with E-state index in [1.165, 1.54) is 0 Å². The first kappa shape index (κ1) is 13.8. The van der Waals surface area contributed by atoms with Gasteiger partial charge in [0.2, 0.25) is 0 Å². The van der Waals surface area contributed by atoms with E-state index < -0.39 is 5.97 Å². The second kappa shape index (κ2) is 5.89. The number of carboxylic acids is 1. The summed E-state index contributed by atoms with van der Waals surface area (Å²) in [5.41, 5.74) is 0.808. The minimum atomic E-state index is -0.959. The Hall–Kier alpha value is -1.26. The lowest BCUT2D eigenvalue weighted by Crippen LogP contribution is -2.29. The number of hydrogen-bond donors (Lipinski definition) is 1. The third-order valence-electron chi connectivity index (χ3n) is 2.48. The van der Waals surface area contributed by atoms with Crippen molar-refractivity contribution in [3.05, 3.63) is 28.8 Å². The first-order valence-electron chi connectivity index (χ1n) is 5.31. The predicted octanol–water partition coefficient (Wildman–Crippen LogP) is 2.04. The molecular weight excluding hydrogens is 240 g/mol. The van der Waals surface area contributed by atoms with Crippen LogP contribution in [0.1, 0.15) is 10.4 Å². The zero-order valence-electron chi connectivity index (χ0n) is 10.3. The van der Waals surface area contributed by atoms with Crippen LogP contribution in [-0.2, 0) is 0 Å². The maximum absolute atomic E-state index is 11.1. The van der Waals surface area contributed by atoms with E-state index in [-0.39, 0.29) is 5.56 Å². The van der Waals surface area contributed by atoms with Gasteiger partial charge in [0.05, 0.1) is 16.3 Å². The van der Waals surface area contributed by atoms with Gasteiger partial charge in [0.25, 0.3) is 0 Å². The Morgan fingerprint density at radius 2 is 1.94 bits per heavy atom. The number of rotatable bonds is 5. The number of para-hydroxylation sites is 1. The van der Waals surface area contributed by atoms with Crippen LogP contribution in [0.3, 0.4) is 0 Å². The summed E-state index contributed by atoms with van der Waals surface area (Å²) in [7, 11) is 5.79. The van der Waals surface area contributed by atoms with Crippen LogP contribution in [0.2, 0.25) is 5.02 Å². The second-order valence-corrected chi connectivity index (χ2v) is 4.57. The van der Waals surface area contributed by atoms with Gasteiger partial charge >= 0.3 is 5.97 Å². The lowest BCUT2D eigenvalue weighted by atomic mass is 10.1. The molecule has 0 spiro atoms. The third kappa shape index (κ3) is 3.61. The van der Waals surface area contributed by atoms with Crippen LogP contribution in [0.15, 0.2) is 18.2 Å². The summed E-state index contributed by atoms with van der Waals surface area (Å²) in [6.07, 6.45) is 0. The molecule has 94 valence electrons. The molecule has 0 saturated heterocycles. The van der Waals surface area contributed by atoms with E-state index in [0.717, 1.165) is 13.1 Å². The van der Waals surface area contributed by atoms with Crippen molar-refractivity contribution in [1.29, 1.82) is 0 Å². The van der Waals surface area contributed by atoms with Crippen LogP contribution in [0, 0.1) is 0 Å². The van der Waals surface area contributed by atoms with E-state index in [1.54, 1.807) is 18.2 Å². The van der Waals surface area contributed by atoms with Gasteiger partial charge in [-0.3, -0.25) is 0 Å². The van der Waals surface area contributed by atoms with Crippen molar-refractivity contribution in [3.8, 4) is 0 Å². The standard InChI is InChI=1S/C12H17ClN2O2/c1-14(2)7-8-15(3)11-9(12(16)17)5-4-6-10(11)13/h4-6H,7-8H2,1-3H3,(H,16,17). The Morgan fingerprint density at radius 1 is 1.29 bits per heavy atom. The van der Waals surface area contributed by atoms with Gasteiger partial charge in [-0.15, -0.1) is 0 Å². The number of likely N-dealkylation sites (N-methyl/N-ethyl adjacent to an activating group) is 2. The Kier molecular flexibility index (Phi) is 4.78. The molecule has 0 amide bonds. The Labute approximate surface area is 106 Å². The summed E-state index contributed by atoms with van der Waals surface area (Å²) in [6, 6.07) is 4.92. The highest BCUT2D eigenvalue weighted by molar-refractivity contribution is 6.34. The highest BCUT2D eigenvalue weighted by atomic mass is 35.5.